The summed E-state index contributed by atoms with van der Waals surface area (Å²) in [5.74, 6) is -0.112. The number of carbonyl (C=O) groups excluding carboxylic acids is 1. The minimum atomic E-state index is -0.175. The van der Waals surface area contributed by atoms with Crippen LogP contribution in [0.1, 0.15) is 36.6 Å². The van der Waals surface area contributed by atoms with Crippen molar-refractivity contribution in [1.82, 2.24) is 10.2 Å². The van der Waals surface area contributed by atoms with Crippen molar-refractivity contribution in [2.45, 2.75) is 39.3 Å². The van der Waals surface area contributed by atoms with Crippen molar-refractivity contribution < 1.29 is 9.53 Å². The van der Waals surface area contributed by atoms with E-state index in [9.17, 15) is 4.79 Å². The molecule has 0 amide bonds. The molecule has 2 rings (SSSR count). The number of ether oxygens (including phenoxy) is 1. The average molecular weight is 296 g/mol. The van der Waals surface area contributed by atoms with Crippen LogP contribution in [0.2, 0.25) is 0 Å². The molecular formula is C15H24N2O2S. The number of esters is 1. The zero-order valence-electron chi connectivity index (χ0n) is 12.5. The van der Waals surface area contributed by atoms with Crippen LogP contribution in [0.5, 0.6) is 0 Å². The van der Waals surface area contributed by atoms with E-state index in [1.165, 1.54) is 9.75 Å². The lowest BCUT2D eigenvalue weighted by atomic mass is 10.1. The summed E-state index contributed by atoms with van der Waals surface area (Å²) in [5.41, 5.74) is 0. The summed E-state index contributed by atoms with van der Waals surface area (Å²) in [6.45, 7) is 9.13. The highest BCUT2D eigenvalue weighted by atomic mass is 32.1. The largest absolute Gasteiger partial charge is 0.465 e. The molecule has 112 valence electrons. The van der Waals surface area contributed by atoms with E-state index in [0.29, 0.717) is 13.2 Å². The summed E-state index contributed by atoms with van der Waals surface area (Å²) in [6, 6.07) is 4.47. The molecule has 1 N–H and O–H groups in total. The zero-order valence-corrected chi connectivity index (χ0v) is 13.3. The van der Waals surface area contributed by atoms with Crippen molar-refractivity contribution >= 4 is 17.3 Å². The van der Waals surface area contributed by atoms with Crippen LogP contribution in [0.25, 0.3) is 0 Å². The predicted molar refractivity (Wildman–Crippen MR) is 82.1 cm³/mol. The second kappa shape index (κ2) is 7.20. The first-order valence-corrected chi connectivity index (χ1v) is 8.20. The van der Waals surface area contributed by atoms with Gasteiger partial charge in [0.2, 0.25) is 0 Å². The lowest BCUT2D eigenvalue weighted by molar-refractivity contribution is -0.151. The lowest BCUT2D eigenvalue weighted by Crippen LogP contribution is -2.55. The first-order chi connectivity index (χ1) is 9.67. The number of aryl methyl sites for hydroxylation is 1. The molecule has 0 bridgehead atoms. The molecule has 0 radical (unpaired) electrons. The number of thiophene rings is 1. The smallest absolute Gasteiger partial charge is 0.324 e. The third-order valence-corrected chi connectivity index (χ3v) is 5.18. The van der Waals surface area contributed by atoms with Gasteiger partial charge < -0.3 is 10.1 Å². The minimum absolute atomic E-state index is 0.112. The van der Waals surface area contributed by atoms with Crippen LogP contribution in [0, 0.1) is 0 Å². The number of hydrogen-bond acceptors (Lipinski definition) is 5. The fourth-order valence-electron chi connectivity index (χ4n) is 2.61. The van der Waals surface area contributed by atoms with Gasteiger partial charge in [-0.05, 0) is 32.4 Å². The second-order valence-corrected chi connectivity index (χ2v) is 6.24. The maximum absolute atomic E-state index is 12.1. The Morgan fingerprint density at radius 1 is 1.55 bits per heavy atom. The van der Waals surface area contributed by atoms with Crippen LogP contribution in [0.3, 0.4) is 0 Å². The number of carbonyl (C=O) groups is 1. The van der Waals surface area contributed by atoms with E-state index in [-0.39, 0.29) is 18.1 Å². The van der Waals surface area contributed by atoms with Crippen molar-refractivity contribution in [2.75, 3.05) is 26.2 Å². The molecule has 5 heteroatoms. The molecule has 1 fully saturated rings. The Morgan fingerprint density at radius 2 is 2.35 bits per heavy atom. The Morgan fingerprint density at radius 3 is 3.00 bits per heavy atom. The molecule has 0 aliphatic carbocycles. The number of piperazine rings is 1. The predicted octanol–water partition coefficient (Wildman–Crippen LogP) is 2.21. The van der Waals surface area contributed by atoms with Crippen molar-refractivity contribution in [1.29, 1.82) is 0 Å². The van der Waals surface area contributed by atoms with Gasteiger partial charge in [-0.25, -0.2) is 0 Å². The lowest BCUT2D eigenvalue weighted by Gasteiger charge is -2.38. The summed E-state index contributed by atoms with van der Waals surface area (Å²) in [4.78, 5) is 17.1. The van der Waals surface area contributed by atoms with Gasteiger partial charge in [-0.15, -0.1) is 11.3 Å². The van der Waals surface area contributed by atoms with Crippen molar-refractivity contribution in [2.24, 2.45) is 0 Å². The van der Waals surface area contributed by atoms with Gasteiger partial charge in [-0.2, -0.15) is 0 Å². The van der Waals surface area contributed by atoms with E-state index >= 15 is 0 Å². The Bertz CT molecular complexity index is 447. The van der Waals surface area contributed by atoms with Gasteiger partial charge >= 0.3 is 5.97 Å². The van der Waals surface area contributed by atoms with E-state index < -0.39 is 0 Å². The van der Waals surface area contributed by atoms with Crippen LogP contribution in [-0.4, -0.2) is 43.2 Å². The molecule has 1 aromatic heterocycles. The molecule has 1 saturated heterocycles. The molecular weight excluding hydrogens is 272 g/mol. The van der Waals surface area contributed by atoms with Crippen LogP contribution in [-0.2, 0) is 16.0 Å². The summed E-state index contributed by atoms with van der Waals surface area (Å²) < 4.78 is 5.21. The van der Waals surface area contributed by atoms with Gasteiger partial charge in [-0.3, -0.25) is 9.69 Å². The summed E-state index contributed by atoms with van der Waals surface area (Å²) in [7, 11) is 0. The highest BCUT2D eigenvalue weighted by molar-refractivity contribution is 7.12. The Kier molecular flexibility index (Phi) is 5.57. The van der Waals surface area contributed by atoms with E-state index in [1.807, 2.05) is 18.3 Å². The van der Waals surface area contributed by atoms with Gasteiger partial charge in [0.1, 0.15) is 6.04 Å². The van der Waals surface area contributed by atoms with Gasteiger partial charge in [0.05, 0.1) is 6.61 Å². The average Bonchev–Trinajstić information content (AvgIpc) is 2.95. The van der Waals surface area contributed by atoms with Crippen molar-refractivity contribution in [3.05, 3.63) is 21.9 Å². The SMILES string of the molecule is CCOC(=O)C1CNCCN1C(C)c1ccc(CC)s1. The highest BCUT2D eigenvalue weighted by Gasteiger charge is 2.33. The zero-order chi connectivity index (χ0) is 14.5. The van der Waals surface area contributed by atoms with Crippen LogP contribution in [0.4, 0.5) is 0 Å². The van der Waals surface area contributed by atoms with Gasteiger partial charge in [0, 0.05) is 35.4 Å². The molecule has 20 heavy (non-hydrogen) atoms. The Hall–Kier alpha value is -0.910. The van der Waals surface area contributed by atoms with Crippen LogP contribution < -0.4 is 5.32 Å². The minimum Gasteiger partial charge on any atom is -0.465 e. The maximum Gasteiger partial charge on any atom is 0.324 e. The van der Waals surface area contributed by atoms with E-state index in [0.717, 1.165) is 19.5 Å². The monoisotopic (exact) mass is 296 g/mol. The van der Waals surface area contributed by atoms with E-state index in [1.54, 1.807) is 0 Å². The topological polar surface area (TPSA) is 41.6 Å². The van der Waals surface area contributed by atoms with Crippen LogP contribution >= 0.6 is 11.3 Å². The number of nitrogens with zero attached hydrogens (tertiary/aromatic N) is 1. The first-order valence-electron chi connectivity index (χ1n) is 7.39. The van der Waals surface area contributed by atoms with Gasteiger partial charge in [0.15, 0.2) is 0 Å². The maximum atomic E-state index is 12.1. The quantitative estimate of drug-likeness (QED) is 0.846. The molecule has 1 aromatic rings. The number of nitrogens with one attached hydrogen (secondary N) is 1. The third-order valence-electron chi connectivity index (χ3n) is 3.78. The molecule has 0 saturated carbocycles. The fraction of sp³-hybridized carbons (Fsp3) is 0.667. The Labute approximate surface area is 125 Å². The summed E-state index contributed by atoms with van der Waals surface area (Å²) in [5, 5.41) is 3.29. The molecule has 0 spiro atoms. The Balaban J connectivity index is 2.12. The number of hydrogen-bond donors (Lipinski definition) is 1. The molecule has 2 heterocycles. The standard InChI is InChI=1S/C15H24N2O2S/c1-4-12-6-7-14(20-12)11(3)17-9-8-16-10-13(17)15(18)19-5-2/h6-7,11,13,16H,4-5,8-10H2,1-3H3. The fourth-order valence-corrected chi connectivity index (χ4v) is 3.64. The second-order valence-electron chi connectivity index (χ2n) is 5.04. The molecule has 1 aliphatic heterocycles. The number of rotatable bonds is 5. The van der Waals surface area contributed by atoms with Gasteiger partial charge in [0.25, 0.3) is 0 Å². The summed E-state index contributed by atoms with van der Waals surface area (Å²) >= 11 is 1.85. The molecule has 4 nitrogen and oxygen atoms in total. The van der Waals surface area contributed by atoms with Gasteiger partial charge in [-0.1, -0.05) is 6.92 Å². The van der Waals surface area contributed by atoms with Crippen molar-refractivity contribution in [3.8, 4) is 0 Å². The summed E-state index contributed by atoms with van der Waals surface area (Å²) in [6.07, 6.45) is 1.07. The molecule has 0 aromatic carbocycles. The van der Waals surface area contributed by atoms with Crippen molar-refractivity contribution in [3.63, 3.8) is 0 Å². The molecule has 1 aliphatic rings. The molecule has 2 atom stereocenters. The third kappa shape index (κ3) is 3.40. The van der Waals surface area contributed by atoms with E-state index in [4.69, 9.17) is 4.74 Å². The first kappa shape index (κ1) is 15.5. The van der Waals surface area contributed by atoms with E-state index in [2.05, 4.69) is 36.2 Å². The highest BCUT2D eigenvalue weighted by Crippen LogP contribution is 2.30. The normalized spacial score (nSPS) is 21.6. The van der Waals surface area contributed by atoms with Crippen LogP contribution in [0.15, 0.2) is 12.1 Å². The molecule has 2 unspecified atom stereocenters.